The number of benzene rings is 1. The van der Waals surface area contributed by atoms with Crippen LogP contribution in [0.25, 0.3) is 0 Å². The van der Waals surface area contributed by atoms with E-state index in [-0.39, 0.29) is 12.2 Å². The minimum absolute atomic E-state index is 0.115. The zero-order valence-electron chi connectivity index (χ0n) is 12.3. The number of nitrogens with zero attached hydrogens (tertiary/aromatic N) is 2. The lowest BCUT2D eigenvalue weighted by molar-refractivity contribution is -0.223. The Balaban J connectivity index is 1.93. The second-order valence-electron chi connectivity index (χ2n) is 5.33. The molecule has 0 amide bonds. The molecule has 1 aromatic carbocycles. The Bertz CT molecular complexity index is 860. The third kappa shape index (κ3) is 2.05. The molecule has 0 fully saturated rings. The summed E-state index contributed by atoms with van der Waals surface area (Å²) in [5.74, 6) is -3.97. The molecule has 2 aliphatic heterocycles. The first-order valence-electron chi connectivity index (χ1n) is 7.20. The van der Waals surface area contributed by atoms with Gasteiger partial charge in [0.25, 0.3) is 0 Å². The molecule has 24 heavy (non-hydrogen) atoms. The summed E-state index contributed by atoms with van der Waals surface area (Å²) in [6.07, 6.45) is 4.43. The van der Waals surface area contributed by atoms with Crippen molar-refractivity contribution in [2.24, 2.45) is 0 Å². The van der Waals surface area contributed by atoms with Gasteiger partial charge in [-0.1, -0.05) is 18.2 Å². The van der Waals surface area contributed by atoms with E-state index in [9.17, 15) is 14.0 Å². The van der Waals surface area contributed by atoms with E-state index < -0.39 is 23.7 Å². The van der Waals surface area contributed by atoms with Crippen molar-refractivity contribution in [2.45, 2.75) is 12.5 Å². The first-order valence-corrected chi connectivity index (χ1v) is 7.20. The summed E-state index contributed by atoms with van der Waals surface area (Å²) in [5, 5.41) is 0. The summed E-state index contributed by atoms with van der Waals surface area (Å²) in [6, 6.07) is 8.45. The number of carbonyl (C=O) groups is 2. The number of pyridine rings is 1. The highest BCUT2D eigenvalue weighted by Crippen LogP contribution is 2.45. The molecule has 0 unspecified atom stereocenters. The van der Waals surface area contributed by atoms with Crippen LogP contribution in [0.15, 0.2) is 54.9 Å². The lowest BCUT2D eigenvalue weighted by Crippen LogP contribution is -2.48. The fraction of sp³-hybridized carbons (Fsp3) is 0.118. The fourth-order valence-electron chi connectivity index (χ4n) is 2.93. The van der Waals surface area contributed by atoms with Crippen LogP contribution in [0, 0.1) is 5.82 Å². The van der Waals surface area contributed by atoms with Crippen LogP contribution in [0.2, 0.25) is 0 Å². The summed E-state index contributed by atoms with van der Waals surface area (Å²) in [5.41, 5.74) is 1.35. The van der Waals surface area contributed by atoms with Gasteiger partial charge in [0.1, 0.15) is 0 Å². The van der Waals surface area contributed by atoms with Gasteiger partial charge in [-0.05, 0) is 17.7 Å². The fourth-order valence-corrected chi connectivity index (χ4v) is 2.93. The molecule has 6 nitrogen and oxygen atoms in total. The average Bonchev–Trinajstić information content (AvgIpc) is 2.78. The number of esters is 2. The predicted molar refractivity (Wildman–Crippen MR) is 79.8 cm³/mol. The molecule has 1 spiro atoms. The van der Waals surface area contributed by atoms with E-state index in [1.807, 2.05) is 0 Å². The van der Waals surface area contributed by atoms with E-state index in [0.29, 0.717) is 5.56 Å². The molecule has 7 heteroatoms. The highest BCUT2D eigenvalue weighted by atomic mass is 19.1. The Hall–Kier alpha value is -3.22. The average molecular weight is 326 g/mol. The lowest BCUT2D eigenvalue weighted by Gasteiger charge is -2.36. The minimum Gasteiger partial charge on any atom is -0.396 e. The maximum Gasteiger partial charge on any atom is 0.372 e. The van der Waals surface area contributed by atoms with Gasteiger partial charge in [-0.15, -0.1) is 0 Å². The van der Waals surface area contributed by atoms with E-state index in [1.165, 1.54) is 17.2 Å². The molecule has 2 aliphatic rings. The van der Waals surface area contributed by atoms with Crippen LogP contribution in [-0.4, -0.2) is 16.9 Å². The molecule has 0 atom stereocenters. The Morgan fingerprint density at radius 2 is 1.79 bits per heavy atom. The van der Waals surface area contributed by atoms with Crippen LogP contribution >= 0.6 is 0 Å². The highest BCUT2D eigenvalue weighted by Gasteiger charge is 2.54. The van der Waals surface area contributed by atoms with Crippen LogP contribution in [0.5, 0.6) is 0 Å². The minimum atomic E-state index is -1.85. The number of aromatic nitrogens is 1. The molecular formula is C17H11FN2O4. The van der Waals surface area contributed by atoms with Gasteiger partial charge in [0.2, 0.25) is 0 Å². The molecule has 1 aromatic heterocycles. The Morgan fingerprint density at radius 3 is 2.50 bits per heavy atom. The van der Waals surface area contributed by atoms with Crippen molar-refractivity contribution >= 4 is 17.6 Å². The second-order valence-corrected chi connectivity index (χ2v) is 5.33. The first kappa shape index (κ1) is 14.4. The molecule has 0 bridgehead atoms. The molecule has 0 radical (unpaired) electrons. The number of ether oxygens (including phenoxy) is 2. The van der Waals surface area contributed by atoms with Gasteiger partial charge in [0.05, 0.1) is 24.0 Å². The smallest absolute Gasteiger partial charge is 0.372 e. The summed E-state index contributed by atoms with van der Waals surface area (Å²) in [6.45, 7) is 0.206. The van der Waals surface area contributed by atoms with Crippen LogP contribution in [0.4, 0.5) is 10.1 Å². The number of hydrogen-bond acceptors (Lipinski definition) is 6. The molecule has 0 saturated heterocycles. The molecule has 2 aromatic rings. The zero-order chi connectivity index (χ0) is 16.7. The molecule has 0 N–H and O–H groups in total. The van der Waals surface area contributed by atoms with Crippen molar-refractivity contribution in [3.8, 4) is 0 Å². The van der Waals surface area contributed by atoms with Gasteiger partial charge in [-0.3, -0.25) is 9.88 Å². The monoisotopic (exact) mass is 326 g/mol. The molecule has 4 rings (SSSR count). The van der Waals surface area contributed by atoms with Crippen molar-refractivity contribution in [1.82, 2.24) is 4.98 Å². The highest BCUT2D eigenvalue weighted by molar-refractivity contribution is 5.94. The third-order valence-electron chi connectivity index (χ3n) is 3.92. The van der Waals surface area contributed by atoms with Crippen LogP contribution in [-0.2, 0) is 31.5 Å². The van der Waals surface area contributed by atoms with Crippen LogP contribution in [0.1, 0.15) is 11.1 Å². The van der Waals surface area contributed by atoms with Crippen molar-refractivity contribution < 1.29 is 23.5 Å². The molecular weight excluding hydrogens is 315 g/mol. The van der Waals surface area contributed by atoms with Crippen molar-refractivity contribution in [2.75, 3.05) is 4.90 Å². The van der Waals surface area contributed by atoms with Crippen LogP contribution < -0.4 is 4.90 Å². The van der Waals surface area contributed by atoms with E-state index in [0.717, 1.165) is 23.9 Å². The first-order chi connectivity index (χ1) is 11.6. The zero-order valence-corrected chi connectivity index (χ0v) is 12.3. The number of anilines is 1. The molecule has 120 valence electrons. The van der Waals surface area contributed by atoms with Gasteiger partial charge in [-0.25, -0.2) is 14.0 Å². The Morgan fingerprint density at radius 1 is 1.08 bits per heavy atom. The van der Waals surface area contributed by atoms with E-state index in [1.54, 1.807) is 24.3 Å². The van der Waals surface area contributed by atoms with Crippen molar-refractivity contribution in [1.29, 1.82) is 0 Å². The van der Waals surface area contributed by atoms with E-state index in [4.69, 9.17) is 9.47 Å². The van der Waals surface area contributed by atoms with Crippen molar-refractivity contribution in [3.63, 3.8) is 0 Å². The number of rotatable bonds is 1. The lowest BCUT2D eigenvalue weighted by atomic mass is 10.1. The predicted octanol–water partition coefficient (Wildman–Crippen LogP) is 2.01. The summed E-state index contributed by atoms with van der Waals surface area (Å²) in [7, 11) is 0. The van der Waals surface area contributed by atoms with Crippen LogP contribution in [0.3, 0.4) is 0 Å². The number of fused-ring (bicyclic) bond motifs is 2. The van der Waals surface area contributed by atoms with E-state index >= 15 is 0 Å². The van der Waals surface area contributed by atoms with Gasteiger partial charge in [0, 0.05) is 18.3 Å². The summed E-state index contributed by atoms with van der Waals surface area (Å²) >= 11 is 0. The van der Waals surface area contributed by atoms with Gasteiger partial charge in [0.15, 0.2) is 5.82 Å². The van der Waals surface area contributed by atoms with Gasteiger partial charge in [-0.2, -0.15) is 0 Å². The molecule has 0 saturated carbocycles. The standard InChI is InChI=1S/C17H11FN2O4/c18-13-9-19-8-7-14(13)20-10-11-3-1-2-4-12(11)17(20)23-15(21)5-6-16(22)24-17/h1-9H,10H2. The Kier molecular flexibility index (Phi) is 3.09. The van der Waals surface area contributed by atoms with E-state index in [2.05, 4.69) is 4.98 Å². The number of hydrogen-bond donors (Lipinski definition) is 0. The number of carbonyl (C=O) groups excluding carboxylic acids is 2. The largest absolute Gasteiger partial charge is 0.396 e. The Labute approximate surface area is 136 Å². The maximum absolute atomic E-state index is 14.3. The van der Waals surface area contributed by atoms with Crippen molar-refractivity contribution in [3.05, 3.63) is 71.8 Å². The SMILES string of the molecule is O=C1C=CC(=O)OC2(O1)c1ccccc1CN2c1ccncc1F. The summed E-state index contributed by atoms with van der Waals surface area (Å²) in [4.78, 5) is 29.1. The maximum atomic E-state index is 14.3. The topological polar surface area (TPSA) is 68.7 Å². The normalized spacial score (nSPS) is 18.1. The number of halogens is 1. The molecule has 0 aliphatic carbocycles. The second kappa shape index (κ2) is 5.16. The van der Waals surface area contributed by atoms with Gasteiger partial charge >= 0.3 is 17.8 Å². The summed E-state index contributed by atoms with van der Waals surface area (Å²) < 4.78 is 25.2. The quantitative estimate of drug-likeness (QED) is 0.747. The molecule has 3 heterocycles. The van der Waals surface area contributed by atoms with Gasteiger partial charge < -0.3 is 9.47 Å². The third-order valence-corrected chi connectivity index (χ3v) is 3.92.